The Morgan fingerprint density at radius 2 is 2.00 bits per heavy atom. The maximum Gasteiger partial charge on any atom is 0.355 e. The second-order valence-electron chi connectivity index (χ2n) is 5.55. The monoisotopic (exact) mass is 366 g/mol. The molecule has 0 fully saturated rings. The van der Waals surface area contributed by atoms with Crippen LogP contribution in [0.1, 0.15) is 21.3 Å². The van der Waals surface area contributed by atoms with Crippen LogP contribution >= 0.6 is 11.3 Å². The quantitative estimate of drug-likeness (QED) is 0.564. The van der Waals surface area contributed by atoms with Crippen LogP contribution in [0.25, 0.3) is 0 Å². The van der Waals surface area contributed by atoms with Crippen LogP contribution in [0, 0.1) is 0 Å². The highest BCUT2D eigenvalue weighted by Gasteiger charge is 2.38. The zero-order chi connectivity index (χ0) is 18.1. The van der Waals surface area contributed by atoms with Gasteiger partial charge >= 0.3 is 5.97 Å². The Kier molecular flexibility index (Phi) is 4.10. The molecule has 0 unspecified atom stereocenters. The number of hydrogen-bond donors (Lipinski definition) is 1. The molecule has 0 amide bonds. The molecule has 1 N–H and O–H groups in total. The van der Waals surface area contributed by atoms with Crippen molar-refractivity contribution >= 4 is 29.0 Å². The predicted octanol–water partition coefficient (Wildman–Crippen LogP) is 2.66. The second-order valence-corrected chi connectivity index (χ2v) is 6.50. The summed E-state index contributed by atoms with van der Waals surface area (Å²) >= 11 is 1.32. The van der Waals surface area contributed by atoms with E-state index in [1.807, 2.05) is 35.7 Å². The Morgan fingerprint density at radius 3 is 2.69 bits per heavy atom. The molecule has 0 radical (unpaired) electrons. The third-order valence-electron chi connectivity index (χ3n) is 4.09. The number of ketones is 1. The topological polar surface area (TPSA) is 86.1 Å². The number of methoxy groups -OCH3 is 1. The molecular weight excluding hydrogens is 352 g/mol. The maximum atomic E-state index is 13.3. The summed E-state index contributed by atoms with van der Waals surface area (Å²) in [5.41, 5.74) is 1.19. The third-order valence-corrected chi connectivity index (χ3v) is 4.96. The van der Waals surface area contributed by atoms with Crippen molar-refractivity contribution in [2.24, 2.45) is 0 Å². The van der Waals surface area contributed by atoms with E-state index in [-0.39, 0.29) is 17.1 Å². The molecule has 3 aromatic rings. The summed E-state index contributed by atoms with van der Waals surface area (Å²) in [6, 6.07) is 12.4. The molecule has 2 aromatic heterocycles. The van der Waals surface area contributed by atoms with Crippen molar-refractivity contribution in [2.45, 2.75) is 6.04 Å². The van der Waals surface area contributed by atoms with Gasteiger partial charge in [-0.15, -0.1) is 11.3 Å². The zero-order valence-corrected chi connectivity index (χ0v) is 14.6. The minimum atomic E-state index is -0.625. The van der Waals surface area contributed by atoms with Gasteiger partial charge in [0, 0.05) is 0 Å². The molecule has 1 atom stereocenters. The standard InChI is InChI=1S/C18H14N4O3S/c1-25-17(24)14-13(16(23)12-8-5-9-26-12)15(11-6-3-2-4-7-11)22-18(21-14)19-10-20-22/h2-10,15H,1H3,(H,19,20,21)/t15-/m1/s1. The van der Waals surface area contributed by atoms with Crippen LogP contribution < -0.4 is 5.32 Å². The lowest BCUT2D eigenvalue weighted by Crippen LogP contribution is -2.32. The number of esters is 1. The number of benzene rings is 1. The number of rotatable bonds is 4. The van der Waals surface area contributed by atoms with E-state index in [0.717, 1.165) is 5.56 Å². The van der Waals surface area contributed by atoms with Gasteiger partial charge in [-0.1, -0.05) is 36.4 Å². The average Bonchev–Trinajstić information content (AvgIpc) is 3.37. The Bertz CT molecular complexity index is 993. The maximum absolute atomic E-state index is 13.3. The largest absolute Gasteiger partial charge is 0.464 e. The molecule has 7 nitrogen and oxygen atoms in total. The van der Waals surface area contributed by atoms with Crippen molar-refractivity contribution in [1.29, 1.82) is 0 Å². The van der Waals surface area contributed by atoms with E-state index in [0.29, 0.717) is 10.8 Å². The van der Waals surface area contributed by atoms with Gasteiger partial charge in [-0.25, -0.2) is 9.48 Å². The molecule has 26 heavy (non-hydrogen) atoms. The molecule has 1 aromatic carbocycles. The Hall–Kier alpha value is -3.26. The molecule has 0 spiro atoms. The van der Waals surface area contributed by atoms with E-state index in [9.17, 15) is 9.59 Å². The van der Waals surface area contributed by atoms with Gasteiger partial charge in [0.1, 0.15) is 18.1 Å². The molecule has 8 heteroatoms. The molecule has 1 aliphatic heterocycles. The number of hydrogen-bond acceptors (Lipinski definition) is 7. The van der Waals surface area contributed by atoms with Gasteiger partial charge in [0.05, 0.1) is 17.6 Å². The number of thiophene rings is 1. The van der Waals surface area contributed by atoms with E-state index < -0.39 is 12.0 Å². The molecule has 1 aliphatic rings. The number of carbonyl (C=O) groups is 2. The van der Waals surface area contributed by atoms with Crippen molar-refractivity contribution in [3.63, 3.8) is 0 Å². The van der Waals surface area contributed by atoms with Gasteiger partial charge < -0.3 is 10.1 Å². The van der Waals surface area contributed by atoms with Crippen LogP contribution in [0.3, 0.4) is 0 Å². The van der Waals surface area contributed by atoms with Gasteiger partial charge in [-0.3, -0.25) is 4.79 Å². The summed E-state index contributed by atoms with van der Waals surface area (Å²) in [6.07, 6.45) is 1.38. The van der Waals surface area contributed by atoms with Crippen LogP contribution in [0.5, 0.6) is 0 Å². The molecule has 0 saturated carbocycles. The van der Waals surface area contributed by atoms with Crippen molar-refractivity contribution in [3.8, 4) is 0 Å². The first-order valence-corrected chi connectivity index (χ1v) is 8.71. The molecule has 0 saturated heterocycles. The highest BCUT2D eigenvalue weighted by Crippen LogP contribution is 2.37. The fraction of sp³-hybridized carbons (Fsp3) is 0.111. The van der Waals surface area contributed by atoms with Crippen molar-refractivity contribution in [1.82, 2.24) is 14.8 Å². The van der Waals surface area contributed by atoms with Gasteiger partial charge in [0.2, 0.25) is 11.7 Å². The van der Waals surface area contributed by atoms with E-state index in [1.54, 1.807) is 16.8 Å². The van der Waals surface area contributed by atoms with Crippen molar-refractivity contribution < 1.29 is 14.3 Å². The number of nitrogens with one attached hydrogen (secondary N) is 1. The van der Waals surface area contributed by atoms with Crippen molar-refractivity contribution in [3.05, 3.63) is 75.9 Å². The fourth-order valence-corrected chi connectivity index (χ4v) is 3.63. The van der Waals surface area contributed by atoms with Gasteiger partial charge in [0.25, 0.3) is 0 Å². The van der Waals surface area contributed by atoms with Gasteiger partial charge in [-0.05, 0) is 17.0 Å². The number of allylic oxidation sites excluding steroid dienone is 1. The number of fused-ring (bicyclic) bond motifs is 1. The van der Waals surface area contributed by atoms with Gasteiger partial charge in [0.15, 0.2) is 0 Å². The lowest BCUT2D eigenvalue weighted by Gasteiger charge is -2.28. The van der Waals surface area contributed by atoms with E-state index in [1.165, 1.54) is 24.8 Å². The SMILES string of the molecule is COC(=O)C1=C(C(=O)c2cccs2)[C@@H](c2ccccc2)n2ncnc2N1. The molecule has 0 bridgehead atoms. The van der Waals surface area contributed by atoms with Crippen LogP contribution in [0.4, 0.5) is 5.95 Å². The number of carbonyl (C=O) groups excluding carboxylic acids is 2. The lowest BCUT2D eigenvalue weighted by atomic mass is 9.91. The molecule has 4 rings (SSSR count). The predicted molar refractivity (Wildman–Crippen MR) is 95.9 cm³/mol. The highest BCUT2D eigenvalue weighted by molar-refractivity contribution is 7.12. The number of Topliss-reactive ketones (excluding diaryl/α,β-unsaturated/α-hetero) is 1. The molecule has 0 aliphatic carbocycles. The highest BCUT2D eigenvalue weighted by atomic mass is 32.1. The minimum absolute atomic E-state index is 0.0836. The Balaban J connectivity index is 1.96. The van der Waals surface area contributed by atoms with Crippen LogP contribution in [-0.2, 0) is 9.53 Å². The van der Waals surface area contributed by atoms with E-state index in [2.05, 4.69) is 15.4 Å². The summed E-state index contributed by atoms with van der Waals surface area (Å²) in [6.45, 7) is 0. The van der Waals surface area contributed by atoms with Crippen LogP contribution in [0.2, 0.25) is 0 Å². The van der Waals surface area contributed by atoms with E-state index >= 15 is 0 Å². The number of ether oxygens (including phenoxy) is 1. The van der Waals surface area contributed by atoms with Crippen molar-refractivity contribution in [2.75, 3.05) is 12.4 Å². The van der Waals surface area contributed by atoms with Crippen LogP contribution in [0.15, 0.2) is 65.4 Å². The fourth-order valence-electron chi connectivity index (χ4n) is 2.95. The Labute approximate surface area is 152 Å². The molecule has 3 heterocycles. The normalized spacial score (nSPS) is 16.0. The van der Waals surface area contributed by atoms with Crippen LogP contribution in [-0.4, -0.2) is 33.6 Å². The first kappa shape index (κ1) is 16.2. The summed E-state index contributed by atoms with van der Waals surface area (Å²) in [5, 5.41) is 8.97. The van der Waals surface area contributed by atoms with E-state index in [4.69, 9.17) is 4.74 Å². The first-order valence-electron chi connectivity index (χ1n) is 7.83. The minimum Gasteiger partial charge on any atom is -0.464 e. The number of anilines is 1. The smallest absolute Gasteiger partial charge is 0.355 e. The molecular formula is C18H14N4O3S. The van der Waals surface area contributed by atoms with Gasteiger partial charge in [-0.2, -0.15) is 10.1 Å². The second kappa shape index (κ2) is 6.57. The summed E-state index contributed by atoms with van der Waals surface area (Å²) < 4.78 is 6.50. The third kappa shape index (κ3) is 2.60. The summed E-state index contributed by atoms with van der Waals surface area (Å²) in [5.74, 6) is -0.495. The molecule has 130 valence electrons. The number of nitrogens with zero attached hydrogens (tertiary/aromatic N) is 3. The zero-order valence-electron chi connectivity index (χ0n) is 13.7. The lowest BCUT2D eigenvalue weighted by molar-refractivity contribution is -0.136. The first-order chi connectivity index (χ1) is 12.7. The summed E-state index contributed by atoms with van der Waals surface area (Å²) in [4.78, 5) is 30.3. The number of aromatic nitrogens is 3. The average molecular weight is 366 g/mol. The summed E-state index contributed by atoms with van der Waals surface area (Å²) in [7, 11) is 1.28. The Morgan fingerprint density at radius 1 is 1.19 bits per heavy atom.